The predicted molar refractivity (Wildman–Crippen MR) is 97.2 cm³/mol. The molecule has 126 valence electrons. The lowest BCUT2D eigenvalue weighted by Gasteiger charge is -2.08. The first-order chi connectivity index (χ1) is 12.2. The van der Waals surface area contributed by atoms with Crippen molar-refractivity contribution in [1.29, 1.82) is 0 Å². The number of pyridine rings is 1. The number of nitrogens with one attached hydrogen (secondary N) is 2. The Morgan fingerprint density at radius 2 is 1.68 bits per heavy atom. The van der Waals surface area contributed by atoms with E-state index in [9.17, 15) is 9.18 Å². The molecule has 1 amide bonds. The maximum atomic E-state index is 12.9. The molecule has 0 atom stereocenters. The Bertz CT molecular complexity index is 818. The zero-order valence-corrected chi connectivity index (χ0v) is 13.6. The number of rotatable bonds is 6. The van der Waals surface area contributed by atoms with Crippen LogP contribution in [0.25, 0.3) is 0 Å². The van der Waals surface area contributed by atoms with E-state index in [1.807, 2.05) is 36.4 Å². The van der Waals surface area contributed by atoms with Crippen LogP contribution in [0.4, 0.5) is 15.8 Å². The fourth-order valence-corrected chi connectivity index (χ4v) is 2.35. The highest BCUT2D eigenvalue weighted by Gasteiger charge is 2.07. The molecule has 25 heavy (non-hydrogen) atoms. The van der Waals surface area contributed by atoms with E-state index < -0.39 is 0 Å². The van der Waals surface area contributed by atoms with Crippen molar-refractivity contribution in [2.24, 2.45) is 0 Å². The van der Waals surface area contributed by atoms with Gasteiger partial charge in [0, 0.05) is 12.2 Å². The minimum absolute atomic E-state index is 0.231. The minimum Gasteiger partial charge on any atom is -0.383 e. The van der Waals surface area contributed by atoms with Crippen LogP contribution in [0.2, 0.25) is 0 Å². The molecule has 2 N–H and O–H groups in total. The highest BCUT2D eigenvalue weighted by molar-refractivity contribution is 6.02. The maximum absolute atomic E-state index is 12.9. The number of benzene rings is 2. The molecule has 0 aliphatic carbocycles. The van der Waals surface area contributed by atoms with Crippen molar-refractivity contribution >= 4 is 17.3 Å². The van der Waals surface area contributed by atoms with E-state index in [4.69, 9.17) is 0 Å². The Morgan fingerprint density at radius 3 is 2.36 bits per heavy atom. The Hall–Kier alpha value is -3.21. The Morgan fingerprint density at radius 1 is 0.920 bits per heavy atom. The molecule has 0 saturated carbocycles. The van der Waals surface area contributed by atoms with E-state index in [2.05, 4.69) is 15.6 Å². The van der Waals surface area contributed by atoms with Gasteiger partial charge in [0.25, 0.3) is 5.91 Å². The van der Waals surface area contributed by atoms with Gasteiger partial charge in [0.1, 0.15) is 11.5 Å². The van der Waals surface area contributed by atoms with Gasteiger partial charge < -0.3 is 10.6 Å². The first-order valence-electron chi connectivity index (χ1n) is 8.01. The average Bonchev–Trinajstić information content (AvgIpc) is 2.65. The molecule has 0 unspecified atom stereocenters. The summed E-state index contributed by atoms with van der Waals surface area (Å²) in [4.78, 5) is 16.3. The van der Waals surface area contributed by atoms with Gasteiger partial charge in [0.15, 0.2) is 0 Å². The van der Waals surface area contributed by atoms with Crippen molar-refractivity contribution in [2.75, 3.05) is 17.2 Å². The summed E-state index contributed by atoms with van der Waals surface area (Å²) < 4.78 is 12.9. The number of amides is 1. The average molecular weight is 335 g/mol. The molecule has 1 heterocycles. The molecule has 1 aromatic heterocycles. The summed E-state index contributed by atoms with van der Waals surface area (Å²) in [5.74, 6) is -0.477. The molecule has 0 radical (unpaired) electrons. The van der Waals surface area contributed by atoms with Crippen LogP contribution in [0.3, 0.4) is 0 Å². The standard InChI is InChI=1S/C20H18FN3O/c21-16-8-6-15(7-9-16)12-13-22-18-10-11-19(23-14-18)20(25)24-17-4-2-1-3-5-17/h1-11,14,22H,12-13H2,(H,24,25). The van der Waals surface area contributed by atoms with E-state index in [0.29, 0.717) is 12.2 Å². The van der Waals surface area contributed by atoms with Gasteiger partial charge in [-0.15, -0.1) is 0 Å². The Balaban J connectivity index is 1.51. The van der Waals surface area contributed by atoms with Crippen molar-refractivity contribution in [3.63, 3.8) is 0 Å². The largest absolute Gasteiger partial charge is 0.383 e. The van der Waals surface area contributed by atoms with Gasteiger partial charge in [-0.05, 0) is 48.4 Å². The normalized spacial score (nSPS) is 10.3. The fourth-order valence-electron chi connectivity index (χ4n) is 2.35. The molecule has 0 fully saturated rings. The number of hydrogen-bond acceptors (Lipinski definition) is 3. The smallest absolute Gasteiger partial charge is 0.274 e. The lowest BCUT2D eigenvalue weighted by molar-refractivity contribution is 0.102. The number of para-hydroxylation sites is 1. The number of hydrogen-bond donors (Lipinski definition) is 2. The first kappa shape index (κ1) is 16.6. The molecular weight excluding hydrogens is 317 g/mol. The van der Waals surface area contributed by atoms with Crippen LogP contribution >= 0.6 is 0 Å². The van der Waals surface area contributed by atoms with Crippen LogP contribution < -0.4 is 10.6 Å². The number of nitrogens with zero attached hydrogens (tertiary/aromatic N) is 1. The van der Waals surface area contributed by atoms with Gasteiger partial charge >= 0.3 is 0 Å². The van der Waals surface area contributed by atoms with Gasteiger partial charge in [-0.25, -0.2) is 9.37 Å². The predicted octanol–water partition coefficient (Wildman–Crippen LogP) is 4.13. The molecule has 4 nitrogen and oxygen atoms in total. The molecule has 2 aromatic carbocycles. The van der Waals surface area contributed by atoms with E-state index in [1.54, 1.807) is 24.4 Å². The highest BCUT2D eigenvalue weighted by atomic mass is 19.1. The second kappa shape index (κ2) is 8.06. The first-order valence-corrected chi connectivity index (χ1v) is 8.01. The van der Waals surface area contributed by atoms with E-state index in [0.717, 1.165) is 23.4 Å². The van der Waals surface area contributed by atoms with Gasteiger partial charge in [-0.1, -0.05) is 30.3 Å². The van der Waals surface area contributed by atoms with Crippen molar-refractivity contribution in [3.8, 4) is 0 Å². The molecule has 0 spiro atoms. The molecule has 5 heteroatoms. The summed E-state index contributed by atoms with van der Waals surface area (Å²) in [7, 11) is 0. The molecule has 3 rings (SSSR count). The summed E-state index contributed by atoms with van der Waals surface area (Å²) in [5, 5.41) is 6.03. The fraction of sp³-hybridized carbons (Fsp3) is 0.100. The SMILES string of the molecule is O=C(Nc1ccccc1)c1ccc(NCCc2ccc(F)cc2)cn1. The van der Waals surface area contributed by atoms with Crippen LogP contribution in [0.5, 0.6) is 0 Å². The van der Waals surface area contributed by atoms with Crippen molar-refractivity contribution < 1.29 is 9.18 Å². The Labute approximate surface area is 145 Å². The summed E-state index contributed by atoms with van der Waals surface area (Å²) in [6.07, 6.45) is 2.40. The molecule has 3 aromatic rings. The van der Waals surface area contributed by atoms with E-state index in [1.165, 1.54) is 12.1 Å². The van der Waals surface area contributed by atoms with Crippen LogP contribution in [0.1, 0.15) is 16.1 Å². The third-order valence-electron chi connectivity index (χ3n) is 3.68. The summed E-state index contributed by atoms with van der Waals surface area (Å²) in [5.41, 5.74) is 2.97. The number of carbonyl (C=O) groups is 1. The van der Waals surface area contributed by atoms with Crippen molar-refractivity contribution in [1.82, 2.24) is 4.98 Å². The summed E-state index contributed by atoms with van der Waals surface area (Å²) in [6, 6.07) is 19.2. The second-order valence-corrected chi connectivity index (χ2v) is 5.56. The van der Waals surface area contributed by atoms with Crippen LogP contribution in [0, 0.1) is 5.82 Å². The number of anilines is 2. The Kier molecular flexibility index (Phi) is 5.36. The van der Waals surface area contributed by atoms with Crippen molar-refractivity contribution in [2.45, 2.75) is 6.42 Å². The number of carbonyl (C=O) groups excluding carboxylic acids is 1. The van der Waals surface area contributed by atoms with Crippen LogP contribution in [0.15, 0.2) is 72.9 Å². The molecule has 0 bridgehead atoms. The molecule has 0 aliphatic heterocycles. The van der Waals surface area contributed by atoms with Gasteiger partial charge in [-0.2, -0.15) is 0 Å². The van der Waals surface area contributed by atoms with Crippen molar-refractivity contribution in [3.05, 3.63) is 90.0 Å². The lowest BCUT2D eigenvalue weighted by atomic mass is 10.1. The highest BCUT2D eigenvalue weighted by Crippen LogP contribution is 2.10. The zero-order chi connectivity index (χ0) is 17.5. The van der Waals surface area contributed by atoms with Crippen LogP contribution in [-0.2, 0) is 6.42 Å². The van der Waals surface area contributed by atoms with E-state index in [-0.39, 0.29) is 11.7 Å². The zero-order valence-electron chi connectivity index (χ0n) is 13.6. The van der Waals surface area contributed by atoms with Gasteiger partial charge in [0.05, 0.1) is 11.9 Å². The van der Waals surface area contributed by atoms with E-state index >= 15 is 0 Å². The van der Waals surface area contributed by atoms with Gasteiger partial charge in [0.2, 0.25) is 0 Å². The molecule has 0 saturated heterocycles. The monoisotopic (exact) mass is 335 g/mol. The molecular formula is C20H18FN3O. The third-order valence-corrected chi connectivity index (χ3v) is 3.68. The summed E-state index contributed by atoms with van der Waals surface area (Å²) in [6.45, 7) is 0.697. The second-order valence-electron chi connectivity index (χ2n) is 5.56. The molecule has 0 aliphatic rings. The third kappa shape index (κ3) is 4.88. The lowest BCUT2D eigenvalue weighted by Crippen LogP contribution is -2.14. The minimum atomic E-state index is -0.246. The summed E-state index contributed by atoms with van der Waals surface area (Å²) >= 11 is 0. The number of halogens is 1. The topological polar surface area (TPSA) is 54.0 Å². The quantitative estimate of drug-likeness (QED) is 0.712. The van der Waals surface area contributed by atoms with Gasteiger partial charge in [-0.3, -0.25) is 4.79 Å². The maximum Gasteiger partial charge on any atom is 0.274 e. The number of aromatic nitrogens is 1. The van der Waals surface area contributed by atoms with Crippen LogP contribution in [-0.4, -0.2) is 17.4 Å².